The van der Waals surface area contributed by atoms with Crippen LogP contribution in [0.3, 0.4) is 0 Å². The lowest BCUT2D eigenvalue weighted by atomic mass is 9.89. The summed E-state index contributed by atoms with van der Waals surface area (Å²) in [5, 5.41) is 1.07. The second-order valence-corrected chi connectivity index (χ2v) is 7.24. The Morgan fingerprint density at radius 3 is 2.56 bits per heavy atom. The summed E-state index contributed by atoms with van der Waals surface area (Å²) >= 11 is 1.80. The lowest BCUT2D eigenvalue weighted by Crippen LogP contribution is -2.41. The Kier molecular flexibility index (Phi) is 3.81. The van der Waals surface area contributed by atoms with Gasteiger partial charge in [0.25, 0.3) is 0 Å². The van der Waals surface area contributed by atoms with Gasteiger partial charge in [0.05, 0.1) is 16.8 Å². The highest BCUT2D eigenvalue weighted by molar-refractivity contribution is 7.11. The molecule has 0 aromatic carbocycles. The Hall–Kier alpha value is -0.450. The van der Waals surface area contributed by atoms with Gasteiger partial charge in [0.15, 0.2) is 0 Å². The number of hydrogen-bond donors (Lipinski definition) is 1. The Morgan fingerprint density at radius 1 is 1.28 bits per heavy atom. The average molecular weight is 268 g/mol. The topological polar surface area (TPSA) is 48.1 Å². The van der Waals surface area contributed by atoms with Gasteiger partial charge in [0.1, 0.15) is 5.01 Å². The van der Waals surface area contributed by atoms with Crippen LogP contribution in [-0.4, -0.2) is 17.7 Å². The first-order chi connectivity index (χ1) is 8.34. The third kappa shape index (κ3) is 2.92. The van der Waals surface area contributed by atoms with Crippen LogP contribution in [0.2, 0.25) is 0 Å². The maximum atomic E-state index is 6.48. The third-order valence-corrected chi connectivity index (χ3v) is 5.12. The molecule has 0 saturated heterocycles. The fourth-order valence-electron chi connectivity index (χ4n) is 2.63. The predicted molar refractivity (Wildman–Crippen MR) is 76.0 cm³/mol. The molecule has 1 aromatic rings. The van der Waals surface area contributed by atoms with Gasteiger partial charge in [-0.15, -0.1) is 11.3 Å². The smallest absolute Gasteiger partial charge is 0.113 e. The molecule has 0 saturated carbocycles. The first-order valence-corrected chi connectivity index (χ1v) is 7.49. The minimum absolute atomic E-state index is 0.213. The molecule has 4 heteroatoms. The van der Waals surface area contributed by atoms with E-state index < -0.39 is 5.54 Å². The van der Waals surface area contributed by atoms with E-state index in [2.05, 4.69) is 20.8 Å². The van der Waals surface area contributed by atoms with Crippen LogP contribution >= 0.6 is 11.3 Å². The highest BCUT2D eigenvalue weighted by Gasteiger charge is 2.34. The summed E-state index contributed by atoms with van der Waals surface area (Å²) in [6.07, 6.45) is 5.63. The van der Waals surface area contributed by atoms with E-state index in [1.807, 2.05) is 0 Å². The molecule has 3 nitrogen and oxygen atoms in total. The number of rotatable bonds is 4. The Labute approximate surface area is 114 Å². The average Bonchev–Trinajstić information content (AvgIpc) is 2.72. The van der Waals surface area contributed by atoms with Crippen molar-refractivity contribution in [2.75, 3.05) is 7.11 Å². The Bertz CT molecular complexity index is 400. The van der Waals surface area contributed by atoms with E-state index in [0.717, 1.165) is 17.8 Å². The molecule has 1 unspecified atom stereocenters. The molecular formula is C14H24N2OS. The van der Waals surface area contributed by atoms with Crippen molar-refractivity contribution < 1.29 is 4.74 Å². The summed E-state index contributed by atoms with van der Waals surface area (Å²) in [5.74, 6) is 0. The largest absolute Gasteiger partial charge is 0.379 e. The fraction of sp³-hybridized carbons (Fsp3) is 0.786. The van der Waals surface area contributed by atoms with Crippen molar-refractivity contribution in [1.82, 2.24) is 4.98 Å². The second-order valence-electron chi connectivity index (χ2n) is 6.15. The van der Waals surface area contributed by atoms with Crippen LogP contribution in [0.5, 0.6) is 0 Å². The van der Waals surface area contributed by atoms with E-state index in [4.69, 9.17) is 15.5 Å². The summed E-state index contributed by atoms with van der Waals surface area (Å²) in [6.45, 7) is 6.22. The zero-order valence-electron chi connectivity index (χ0n) is 11.9. The molecule has 1 aliphatic carbocycles. The highest BCUT2D eigenvalue weighted by atomic mass is 32.1. The first-order valence-electron chi connectivity index (χ1n) is 6.67. The minimum atomic E-state index is -0.401. The van der Waals surface area contributed by atoms with E-state index in [9.17, 15) is 0 Å². The van der Waals surface area contributed by atoms with Crippen molar-refractivity contribution >= 4 is 11.3 Å². The van der Waals surface area contributed by atoms with E-state index >= 15 is 0 Å². The molecule has 0 aliphatic heterocycles. The lowest BCUT2D eigenvalue weighted by Gasteiger charge is -2.32. The summed E-state index contributed by atoms with van der Waals surface area (Å²) in [6, 6.07) is 0. The van der Waals surface area contributed by atoms with Crippen LogP contribution in [0.15, 0.2) is 0 Å². The quantitative estimate of drug-likeness (QED) is 0.913. The predicted octanol–water partition coefficient (Wildman–Crippen LogP) is 3.01. The van der Waals surface area contributed by atoms with Crippen molar-refractivity contribution in [2.45, 2.75) is 64.0 Å². The van der Waals surface area contributed by atoms with Crippen molar-refractivity contribution in [3.63, 3.8) is 0 Å². The van der Waals surface area contributed by atoms with Crippen molar-refractivity contribution in [3.05, 3.63) is 15.6 Å². The molecule has 1 atom stereocenters. The molecule has 2 rings (SSSR count). The van der Waals surface area contributed by atoms with Gasteiger partial charge in [-0.2, -0.15) is 0 Å². The number of ether oxygens (including phenoxy) is 1. The van der Waals surface area contributed by atoms with Gasteiger partial charge >= 0.3 is 0 Å². The van der Waals surface area contributed by atoms with Crippen molar-refractivity contribution in [1.29, 1.82) is 0 Å². The van der Waals surface area contributed by atoms with Crippen LogP contribution in [0.1, 0.15) is 55.6 Å². The zero-order chi connectivity index (χ0) is 13.4. The van der Waals surface area contributed by atoms with Gasteiger partial charge < -0.3 is 10.5 Å². The van der Waals surface area contributed by atoms with E-state index in [1.165, 1.54) is 29.8 Å². The van der Waals surface area contributed by atoms with Crippen LogP contribution < -0.4 is 5.73 Å². The summed E-state index contributed by atoms with van der Waals surface area (Å²) in [5.41, 5.74) is 7.15. The zero-order valence-corrected chi connectivity index (χ0v) is 12.7. The monoisotopic (exact) mass is 268 g/mol. The number of thiazole rings is 1. The number of nitrogens with zero attached hydrogens (tertiary/aromatic N) is 1. The van der Waals surface area contributed by atoms with Crippen molar-refractivity contribution in [3.8, 4) is 0 Å². The van der Waals surface area contributed by atoms with Gasteiger partial charge in [-0.3, -0.25) is 0 Å². The molecule has 0 spiro atoms. The number of fused-ring (bicyclic) bond motifs is 1. The first kappa shape index (κ1) is 14.0. The van der Waals surface area contributed by atoms with E-state index in [-0.39, 0.29) is 5.60 Å². The number of aromatic nitrogens is 1. The molecule has 0 amide bonds. The normalized spacial score (nSPS) is 19.4. The summed E-state index contributed by atoms with van der Waals surface area (Å²) < 4.78 is 5.49. The Morgan fingerprint density at radius 2 is 1.94 bits per heavy atom. The van der Waals surface area contributed by atoms with Gasteiger partial charge in [0.2, 0.25) is 0 Å². The number of methoxy groups -OCH3 is 1. The molecular weight excluding hydrogens is 244 g/mol. The van der Waals surface area contributed by atoms with Crippen LogP contribution in [0.4, 0.5) is 0 Å². The van der Waals surface area contributed by atoms with E-state index in [1.54, 1.807) is 18.4 Å². The molecule has 0 radical (unpaired) electrons. The third-order valence-electron chi connectivity index (χ3n) is 3.68. The maximum absolute atomic E-state index is 6.48. The van der Waals surface area contributed by atoms with Crippen LogP contribution in [0.25, 0.3) is 0 Å². The molecule has 1 heterocycles. The van der Waals surface area contributed by atoms with Gasteiger partial charge in [-0.05, 0) is 46.5 Å². The van der Waals surface area contributed by atoms with Gasteiger partial charge in [-0.1, -0.05) is 0 Å². The van der Waals surface area contributed by atoms with Gasteiger partial charge in [-0.25, -0.2) is 4.98 Å². The molecule has 18 heavy (non-hydrogen) atoms. The molecule has 2 N–H and O–H groups in total. The fourth-order valence-corrected chi connectivity index (χ4v) is 3.83. The van der Waals surface area contributed by atoms with Gasteiger partial charge in [0, 0.05) is 18.4 Å². The number of aryl methyl sites for hydroxylation is 2. The minimum Gasteiger partial charge on any atom is -0.379 e. The molecule has 0 bridgehead atoms. The second kappa shape index (κ2) is 4.91. The standard InChI is InChI=1S/C14H24N2OS/c1-13(2,17-4)9-14(3,15)12-16-10-7-5-6-8-11(10)18-12/h5-9,15H2,1-4H3. The molecule has 0 fully saturated rings. The van der Waals surface area contributed by atoms with Crippen LogP contribution in [-0.2, 0) is 23.1 Å². The maximum Gasteiger partial charge on any atom is 0.113 e. The SMILES string of the molecule is COC(C)(C)CC(C)(N)c1nc2c(s1)CCCC2. The molecule has 102 valence electrons. The number of nitrogens with two attached hydrogens (primary N) is 1. The highest BCUT2D eigenvalue weighted by Crippen LogP contribution is 2.35. The summed E-state index contributed by atoms with van der Waals surface area (Å²) in [4.78, 5) is 6.23. The summed E-state index contributed by atoms with van der Waals surface area (Å²) in [7, 11) is 1.74. The number of hydrogen-bond acceptors (Lipinski definition) is 4. The Balaban J connectivity index is 2.21. The molecule has 1 aromatic heterocycles. The lowest BCUT2D eigenvalue weighted by molar-refractivity contribution is -0.00149. The van der Waals surface area contributed by atoms with Crippen LogP contribution in [0, 0.1) is 0 Å². The molecule has 1 aliphatic rings. The van der Waals surface area contributed by atoms with Crippen molar-refractivity contribution in [2.24, 2.45) is 5.73 Å². The van der Waals surface area contributed by atoms with E-state index in [0.29, 0.717) is 0 Å².